The van der Waals surface area contributed by atoms with Gasteiger partial charge in [0.25, 0.3) is 0 Å². The molecule has 0 aromatic carbocycles. The zero-order chi connectivity index (χ0) is 9.80. The highest BCUT2D eigenvalue weighted by Gasteiger charge is 2.15. The summed E-state index contributed by atoms with van der Waals surface area (Å²) in [5.41, 5.74) is 0. The van der Waals surface area contributed by atoms with Gasteiger partial charge in [0.2, 0.25) is 0 Å². The minimum absolute atomic E-state index is 0.437. The Kier molecular flexibility index (Phi) is 3.30. The van der Waals surface area contributed by atoms with Gasteiger partial charge in [-0.3, -0.25) is 4.79 Å². The van der Waals surface area contributed by atoms with Gasteiger partial charge in [0.05, 0.1) is 5.75 Å². The normalized spacial score (nSPS) is 17.4. The molecule has 0 amide bonds. The van der Waals surface area contributed by atoms with Crippen LogP contribution in [0.1, 0.15) is 42.0 Å². The Labute approximate surface area is 88.1 Å². The van der Waals surface area contributed by atoms with E-state index in [1.807, 2.05) is 17.8 Å². The number of rotatable bonds is 4. The molecule has 0 radical (unpaired) electrons. The number of hydrogen-bond acceptors (Lipinski definition) is 3. The van der Waals surface area contributed by atoms with Crippen LogP contribution < -0.4 is 0 Å². The lowest BCUT2D eigenvalue weighted by atomic mass is 10.4. The predicted octanol–water partition coefficient (Wildman–Crippen LogP) is 3.27. The van der Waals surface area contributed by atoms with Gasteiger partial charge in [-0.2, -0.15) is 11.8 Å². The van der Waals surface area contributed by atoms with Crippen LogP contribution in [0.15, 0.2) is 16.5 Å². The molecule has 2 rings (SSSR count). The molecule has 1 saturated carbocycles. The molecule has 76 valence electrons. The van der Waals surface area contributed by atoms with Crippen molar-refractivity contribution in [1.82, 2.24) is 0 Å². The van der Waals surface area contributed by atoms with Gasteiger partial charge >= 0.3 is 0 Å². The van der Waals surface area contributed by atoms with Crippen LogP contribution in [0.2, 0.25) is 0 Å². The van der Waals surface area contributed by atoms with Gasteiger partial charge in [0.1, 0.15) is 5.76 Å². The van der Waals surface area contributed by atoms with Crippen molar-refractivity contribution in [2.45, 2.75) is 36.7 Å². The third-order valence-electron chi connectivity index (χ3n) is 2.56. The second kappa shape index (κ2) is 4.69. The Morgan fingerprint density at radius 1 is 1.43 bits per heavy atom. The summed E-state index contributed by atoms with van der Waals surface area (Å²) in [7, 11) is 0. The number of furan rings is 1. The minimum Gasteiger partial charge on any atom is -0.457 e. The van der Waals surface area contributed by atoms with Gasteiger partial charge in [-0.1, -0.05) is 12.8 Å². The monoisotopic (exact) mass is 210 g/mol. The Morgan fingerprint density at radius 2 is 2.21 bits per heavy atom. The molecule has 1 heterocycles. The lowest BCUT2D eigenvalue weighted by Gasteiger charge is -2.05. The summed E-state index contributed by atoms with van der Waals surface area (Å²) >= 11 is 1.95. The standard InChI is InChI=1S/C11H14O2S/c12-7-9-5-6-10(13-9)8-14-11-3-1-2-4-11/h5-7,11H,1-4,8H2. The summed E-state index contributed by atoms with van der Waals surface area (Å²) in [6.07, 6.45) is 6.17. The van der Waals surface area contributed by atoms with Crippen molar-refractivity contribution < 1.29 is 9.21 Å². The first-order chi connectivity index (χ1) is 6.88. The second-order valence-electron chi connectivity index (χ2n) is 3.64. The number of carbonyl (C=O) groups is 1. The Bertz CT molecular complexity index is 300. The Balaban J connectivity index is 1.81. The van der Waals surface area contributed by atoms with Crippen molar-refractivity contribution in [1.29, 1.82) is 0 Å². The van der Waals surface area contributed by atoms with E-state index >= 15 is 0 Å². The maximum absolute atomic E-state index is 10.4. The van der Waals surface area contributed by atoms with Crippen LogP contribution in [0.4, 0.5) is 0 Å². The lowest BCUT2D eigenvalue weighted by Crippen LogP contribution is -1.93. The maximum atomic E-state index is 10.4. The highest BCUT2D eigenvalue weighted by Crippen LogP contribution is 2.31. The fourth-order valence-corrected chi connectivity index (χ4v) is 3.01. The van der Waals surface area contributed by atoms with E-state index in [1.54, 1.807) is 6.07 Å². The van der Waals surface area contributed by atoms with Crippen LogP contribution in [0.25, 0.3) is 0 Å². The van der Waals surface area contributed by atoms with Crippen LogP contribution in [0.3, 0.4) is 0 Å². The van der Waals surface area contributed by atoms with E-state index in [0.29, 0.717) is 5.76 Å². The highest BCUT2D eigenvalue weighted by atomic mass is 32.2. The molecule has 0 saturated heterocycles. The molecule has 1 aromatic rings. The molecule has 1 aliphatic rings. The van der Waals surface area contributed by atoms with Crippen LogP contribution in [-0.4, -0.2) is 11.5 Å². The molecule has 1 fully saturated rings. The predicted molar refractivity (Wildman–Crippen MR) is 57.6 cm³/mol. The molecule has 0 spiro atoms. The first-order valence-corrected chi connectivity index (χ1v) is 6.09. The first kappa shape index (κ1) is 9.84. The van der Waals surface area contributed by atoms with E-state index < -0.39 is 0 Å². The topological polar surface area (TPSA) is 30.2 Å². The third-order valence-corrected chi connectivity index (χ3v) is 3.96. The molecule has 0 atom stereocenters. The molecule has 0 N–H and O–H groups in total. The fourth-order valence-electron chi connectivity index (χ4n) is 1.79. The van der Waals surface area contributed by atoms with Crippen LogP contribution >= 0.6 is 11.8 Å². The molecule has 3 heteroatoms. The van der Waals surface area contributed by atoms with Gasteiger partial charge in [-0.05, 0) is 25.0 Å². The lowest BCUT2D eigenvalue weighted by molar-refractivity contribution is 0.109. The summed E-state index contributed by atoms with van der Waals surface area (Å²) in [6.45, 7) is 0. The summed E-state index contributed by atoms with van der Waals surface area (Å²) in [6, 6.07) is 3.63. The molecule has 0 aliphatic heterocycles. The molecule has 0 bridgehead atoms. The van der Waals surface area contributed by atoms with E-state index in [-0.39, 0.29) is 0 Å². The van der Waals surface area contributed by atoms with Crippen molar-refractivity contribution >= 4 is 18.0 Å². The molecule has 2 nitrogen and oxygen atoms in total. The minimum atomic E-state index is 0.437. The second-order valence-corrected chi connectivity index (χ2v) is 4.93. The van der Waals surface area contributed by atoms with Crippen molar-refractivity contribution in [3.05, 3.63) is 23.7 Å². The molecule has 1 aromatic heterocycles. The maximum Gasteiger partial charge on any atom is 0.185 e. The largest absolute Gasteiger partial charge is 0.457 e. The van der Waals surface area contributed by atoms with Crippen LogP contribution in [0.5, 0.6) is 0 Å². The number of carbonyl (C=O) groups excluding carboxylic acids is 1. The summed E-state index contributed by atoms with van der Waals surface area (Å²) in [5, 5.41) is 0.805. The SMILES string of the molecule is O=Cc1ccc(CSC2CCCC2)o1. The fraction of sp³-hybridized carbons (Fsp3) is 0.545. The van der Waals surface area contributed by atoms with E-state index in [9.17, 15) is 4.79 Å². The molecular weight excluding hydrogens is 196 g/mol. The smallest absolute Gasteiger partial charge is 0.185 e. The van der Waals surface area contributed by atoms with Gasteiger partial charge in [0, 0.05) is 5.25 Å². The summed E-state index contributed by atoms with van der Waals surface area (Å²) in [5.74, 6) is 2.26. The van der Waals surface area contributed by atoms with Crippen molar-refractivity contribution in [2.24, 2.45) is 0 Å². The first-order valence-electron chi connectivity index (χ1n) is 5.04. The summed E-state index contributed by atoms with van der Waals surface area (Å²) in [4.78, 5) is 10.4. The average molecular weight is 210 g/mol. The van der Waals surface area contributed by atoms with Crippen LogP contribution in [-0.2, 0) is 5.75 Å². The van der Waals surface area contributed by atoms with E-state index in [2.05, 4.69) is 0 Å². The Hall–Kier alpha value is -0.700. The zero-order valence-electron chi connectivity index (χ0n) is 8.07. The summed E-state index contributed by atoms with van der Waals surface area (Å²) < 4.78 is 5.30. The van der Waals surface area contributed by atoms with Gasteiger partial charge in [-0.15, -0.1) is 0 Å². The van der Waals surface area contributed by atoms with Crippen molar-refractivity contribution in [3.63, 3.8) is 0 Å². The molecular formula is C11H14O2S. The molecule has 1 aliphatic carbocycles. The van der Waals surface area contributed by atoms with Gasteiger partial charge in [-0.25, -0.2) is 0 Å². The zero-order valence-corrected chi connectivity index (χ0v) is 8.89. The third kappa shape index (κ3) is 2.41. The Morgan fingerprint density at radius 3 is 2.86 bits per heavy atom. The van der Waals surface area contributed by atoms with E-state index in [1.165, 1.54) is 25.7 Å². The van der Waals surface area contributed by atoms with Crippen molar-refractivity contribution in [3.8, 4) is 0 Å². The average Bonchev–Trinajstić information content (AvgIpc) is 2.86. The van der Waals surface area contributed by atoms with Gasteiger partial charge < -0.3 is 4.42 Å². The molecule has 14 heavy (non-hydrogen) atoms. The van der Waals surface area contributed by atoms with Crippen LogP contribution in [0, 0.1) is 0 Å². The number of aldehydes is 1. The molecule has 0 unspecified atom stereocenters. The highest BCUT2D eigenvalue weighted by molar-refractivity contribution is 7.99. The van der Waals surface area contributed by atoms with Gasteiger partial charge in [0.15, 0.2) is 12.0 Å². The van der Waals surface area contributed by atoms with E-state index in [4.69, 9.17) is 4.42 Å². The van der Waals surface area contributed by atoms with Crippen molar-refractivity contribution in [2.75, 3.05) is 0 Å². The number of thioether (sulfide) groups is 1. The number of hydrogen-bond donors (Lipinski definition) is 0. The van der Waals surface area contributed by atoms with E-state index in [0.717, 1.165) is 23.0 Å². The quantitative estimate of drug-likeness (QED) is 0.714.